The van der Waals surface area contributed by atoms with Gasteiger partial charge in [-0.1, -0.05) is 11.6 Å². The molecule has 0 radical (unpaired) electrons. The van der Waals surface area contributed by atoms with Gasteiger partial charge in [0.25, 0.3) is 0 Å². The molecule has 0 saturated heterocycles. The quantitative estimate of drug-likeness (QED) is 0.777. The number of ketones is 1. The third kappa shape index (κ3) is 2.41. The van der Waals surface area contributed by atoms with Gasteiger partial charge in [0, 0.05) is 33.1 Å². The lowest BCUT2D eigenvalue weighted by atomic mass is 10.0. The number of nitrogens with zero attached hydrogens (tertiary/aromatic N) is 1. The number of allylic oxidation sites excluding steroid dienone is 1. The number of thiophene rings is 1. The second-order valence-electron chi connectivity index (χ2n) is 5.28. The Kier molecular flexibility index (Phi) is 3.67. The topological polar surface area (TPSA) is 20.3 Å². The molecule has 0 unspecified atom stereocenters. The minimum atomic E-state index is 0.0786. The molecule has 1 aromatic carbocycles. The minimum absolute atomic E-state index is 0.0786. The van der Waals surface area contributed by atoms with Gasteiger partial charge in [0.1, 0.15) is 0 Å². The number of benzene rings is 1. The third-order valence-electron chi connectivity index (χ3n) is 3.68. The van der Waals surface area contributed by atoms with E-state index in [9.17, 15) is 4.79 Å². The highest BCUT2D eigenvalue weighted by Gasteiger charge is 2.20. The van der Waals surface area contributed by atoms with Gasteiger partial charge in [-0.15, -0.1) is 11.3 Å². The van der Waals surface area contributed by atoms with Gasteiger partial charge in [-0.25, -0.2) is 0 Å². The average Bonchev–Trinajstić information content (AvgIpc) is 2.62. The third-order valence-corrected chi connectivity index (χ3v) is 5.19. The van der Waals surface area contributed by atoms with Crippen LogP contribution >= 0.6 is 22.9 Å². The van der Waals surface area contributed by atoms with Crippen molar-refractivity contribution in [3.8, 4) is 0 Å². The van der Waals surface area contributed by atoms with Crippen LogP contribution in [0.3, 0.4) is 0 Å². The van der Waals surface area contributed by atoms with Gasteiger partial charge in [-0.2, -0.15) is 0 Å². The Bertz CT molecular complexity index is 717. The maximum Gasteiger partial charge on any atom is 0.152 e. The van der Waals surface area contributed by atoms with Crippen LogP contribution in [-0.4, -0.2) is 24.3 Å². The van der Waals surface area contributed by atoms with E-state index in [-0.39, 0.29) is 5.78 Å². The summed E-state index contributed by atoms with van der Waals surface area (Å²) in [6.45, 7) is 3.50. The Morgan fingerprint density at radius 3 is 2.95 bits per heavy atom. The van der Waals surface area contributed by atoms with Gasteiger partial charge in [-0.05, 0) is 55.8 Å². The van der Waals surface area contributed by atoms with Crippen molar-refractivity contribution in [2.24, 2.45) is 0 Å². The number of hydrogen-bond acceptors (Lipinski definition) is 3. The van der Waals surface area contributed by atoms with Crippen molar-refractivity contribution in [1.82, 2.24) is 4.90 Å². The average molecular weight is 306 g/mol. The van der Waals surface area contributed by atoms with Crippen LogP contribution in [0.2, 0.25) is 5.02 Å². The molecule has 2 heterocycles. The van der Waals surface area contributed by atoms with Gasteiger partial charge >= 0.3 is 0 Å². The zero-order valence-electron chi connectivity index (χ0n) is 11.6. The van der Waals surface area contributed by atoms with E-state index in [4.69, 9.17) is 11.6 Å². The molecule has 2 aromatic rings. The van der Waals surface area contributed by atoms with Gasteiger partial charge < -0.3 is 4.90 Å². The van der Waals surface area contributed by atoms with E-state index in [1.807, 2.05) is 12.1 Å². The van der Waals surface area contributed by atoms with Crippen molar-refractivity contribution < 1.29 is 4.79 Å². The molecule has 1 aliphatic rings. The number of halogens is 1. The number of hydrogen-bond donors (Lipinski definition) is 0. The Hall–Kier alpha value is -1.16. The molecule has 0 N–H and O–H groups in total. The molecule has 0 spiro atoms. The SMILES string of the molecule is CC(=O)C=Cc1sc2ccc(Cl)c3c2c1CN(C)CC3. The highest BCUT2D eigenvalue weighted by Crippen LogP contribution is 2.39. The monoisotopic (exact) mass is 305 g/mol. The highest BCUT2D eigenvalue weighted by atomic mass is 35.5. The zero-order chi connectivity index (χ0) is 14.3. The largest absolute Gasteiger partial charge is 0.302 e. The first kappa shape index (κ1) is 13.8. The summed E-state index contributed by atoms with van der Waals surface area (Å²) in [5.41, 5.74) is 2.56. The smallest absolute Gasteiger partial charge is 0.152 e. The molecule has 4 heteroatoms. The van der Waals surface area contributed by atoms with E-state index in [0.29, 0.717) is 0 Å². The Morgan fingerprint density at radius 1 is 1.40 bits per heavy atom. The fourth-order valence-electron chi connectivity index (χ4n) is 2.70. The van der Waals surface area contributed by atoms with Gasteiger partial charge in [0.15, 0.2) is 5.78 Å². The van der Waals surface area contributed by atoms with Gasteiger partial charge in [0.05, 0.1) is 0 Å². The molecule has 20 heavy (non-hydrogen) atoms. The molecule has 0 fully saturated rings. The molecule has 1 aromatic heterocycles. The fourth-order valence-corrected chi connectivity index (χ4v) is 4.10. The summed E-state index contributed by atoms with van der Waals surface area (Å²) < 4.78 is 1.26. The Balaban J connectivity index is 2.25. The summed E-state index contributed by atoms with van der Waals surface area (Å²) in [6, 6.07) is 4.08. The summed E-state index contributed by atoms with van der Waals surface area (Å²) in [4.78, 5) is 14.7. The first-order chi connectivity index (χ1) is 9.56. The molecule has 3 rings (SSSR count). The Labute approximate surface area is 127 Å². The van der Waals surface area contributed by atoms with Crippen LogP contribution in [-0.2, 0) is 17.8 Å². The number of rotatable bonds is 2. The van der Waals surface area contributed by atoms with Crippen LogP contribution in [0.5, 0.6) is 0 Å². The van der Waals surface area contributed by atoms with Crippen LogP contribution in [0.4, 0.5) is 0 Å². The summed E-state index contributed by atoms with van der Waals surface area (Å²) in [7, 11) is 2.13. The maximum atomic E-state index is 11.2. The molecular formula is C16H16ClNOS. The predicted molar refractivity (Wildman–Crippen MR) is 86.6 cm³/mol. The number of carbonyl (C=O) groups excluding carboxylic acids is 1. The van der Waals surface area contributed by atoms with Crippen LogP contribution in [0.15, 0.2) is 18.2 Å². The molecule has 0 aliphatic carbocycles. The summed E-state index contributed by atoms with van der Waals surface area (Å²) >= 11 is 8.12. The van der Waals surface area contributed by atoms with Crippen molar-refractivity contribution in [2.75, 3.05) is 13.6 Å². The number of likely N-dealkylation sites (N-methyl/N-ethyl adjacent to an activating group) is 1. The normalized spacial score (nSPS) is 15.9. The maximum absolute atomic E-state index is 11.2. The highest BCUT2D eigenvalue weighted by molar-refractivity contribution is 7.20. The Morgan fingerprint density at radius 2 is 2.20 bits per heavy atom. The molecular weight excluding hydrogens is 290 g/mol. The second kappa shape index (κ2) is 5.32. The lowest BCUT2D eigenvalue weighted by Gasteiger charge is -2.13. The van der Waals surface area contributed by atoms with E-state index >= 15 is 0 Å². The molecule has 0 amide bonds. The minimum Gasteiger partial charge on any atom is -0.302 e. The lowest BCUT2D eigenvalue weighted by Crippen LogP contribution is -2.18. The molecule has 0 saturated carbocycles. The van der Waals surface area contributed by atoms with E-state index < -0.39 is 0 Å². The molecule has 0 bridgehead atoms. The van der Waals surface area contributed by atoms with Crippen LogP contribution in [0.1, 0.15) is 22.9 Å². The van der Waals surface area contributed by atoms with Gasteiger partial charge in [0.2, 0.25) is 0 Å². The van der Waals surface area contributed by atoms with E-state index in [1.54, 1.807) is 24.3 Å². The standard InChI is InChI=1S/C16H16ClNOS/c1-10(19)3-5-14-12-9-18(2)8-7-11-13(17)4-6-15(20-14)16(11)12/h3-6H,7-9H2,1-2H3. The summed E-state index contributed by atoms with van der Waals surface area (Å²) in [6.07, 6.45) is 4.57. The molecule has 2 nitrogen and oxygen atoms in total. The lowest BCUT2D eigenvalue weighted by molar-refractivity contribution is -0.112. The molecule has 104 valence electrons. The summed E-state index contributed by atoms with van der Waals surface area (Å²) in [5.74, 6) is 0.0786. The van der Waals surface area contributed by atoms with Crippen molar-refractivity contribution >= 4 is 44.9 Å². The first-order valence-electron chi connectivity index (χ1n) is 6.66. The van der Waals surface area contributed by atoms with Crippen molar-refractivity contribution in [3.05, 3.63) is 39.2 Å². The zero-order valence-corrected chi connectivity index (χ0v) is 13.1. The second-order valence-corrected chi connectivity index (χ2v) is 6.77. The van der Waals surface area contributed by atoms with Crippen molar-refractivity contribution in [1.29, 1.82) is 0 Å². The molecule has 1 aliphatic heterocycles. The first-order valence-corrected chi connectivity index (χ1v) is 7.85. The fraction of sp³-hybridized carbons (Fsp3) is 0.312. The van der Waals surface area contributed by atoms with Crippen molar-refractivity contribution in [2.45, 2.75) is 19.9 Å². The predicted octanol–water partition coefficient (Wildman–Crippen LogP) is 4.14. The van der Waals surface area contributed by atoms with E-state index in [1.165, 1.54) is 26.1 Å². The van der Waals surface area contributed by atoms with E-state index in [0.717, 1.165) is 24.5 Å². The number of carbonyl (C=O) groups is 1. The van der Waals surface area contributed by atoms with Crippen LogP contribution in [0.25, 0.3) is 16.2 Å². The van der Waals surface area contributed by atoms with Gasteiger partial charge in [-0.3, -0.25) is 4.79 Å². The van der Waals surface area contributed by atoms with Crippen LogP contribution < -0.4 is 0 Å². The summed E-state index contributed by atoms with van der Waals surface area (Å²) in [5, 5.41) is 2.16. The molecule has 0 atom stereocenters. The van der Waals surface area contributed by atoms with Crippen molar-refractivity contribution in [3.63, 3.8) is 0 Å². The van der Waals surface area contributed by atoms with Crippen LogP contribution in [0, 0.1) is 0 Å². The van der Waals surface area contributed by atoms with E-state index in [2.05, 4.69) is 18.0 Å².